The number of rotatable bonds is 11. The number of halogens is 4. The van der Waals surface area contributed by atoms with Crippen LogP contribution in [-0.4, -0.2) is 40.4 Å². The molecule has 4 rings (SSSR count). The van der Waals surface area contributed by atoms with E-state index in [2.05, 4.69) is 4.74 Å². The van der Waals surface area contributed by atoms with Gasteiger partial charge in [0.05, 0.1) is 29.8 Å². The van der Waals surface area contributed by atoms with E-state index in [1.54, 1.807) is 64.1 Å². The van der Waals surface area contributed by atoms with E-state index in [4.69, 9.17) is 21.1 Å². The molecule has 0 aliphatic carbocycles. The molecule has 0 saturated heterocycles. The molecule has 4 aromatic rings. The predicted molar refractivity (Wildman–Crippen MR) is 162 cm³/mol. The van der Waals surface area contributed by atoms with Crippen molar-refractivity contribution in [3.8, 4) is 11.5 Å². The van der Waals surface area contributed by atoms with Crippen molar-refractivity contribution < 1.29 is 35.8 Å². The normalized spacial score (nSPS) is 12.6. The molecule has 1 aromatic heterocycles. The number of thiophene rings is 1. The monoisotopic (exact) mass is 641 g/mol. The van der Waals surface area contributed by atoms with Crippen molar-refractivity contribution in [1.29, 1.82) is 0 Å². The molecule has 0 unspecified atom stereocenters. The summed E-state index contributed by atoms with van der Waals surface area (Å²) in [6.45, 7) is 7.10. The Balaban J connectivity index is 1.87. The van der Waals surface area contributed by atoms with Crippen LogP contribution < -0.4 is 13.8 Å². The van der Waals surface area contributed by atoms with Crippen molar-refractivity contribution in [2.24, 2.45) is 0 Å². The highest BCUT2D eigenvalue weighted by Gasteiger charge is 2.34. The molecule has 0 spiro atoms. The van der Waals surface area contributed by atoms with Crippen LogP contribution in [-0.2, 0) is 20.2 Å². The van der Waals surface area contributed by atoms with Crippen molar-refractivity contribution in [3.05, 3.63) is 82.2 Å². The van der Waals surface area contributed by atoms with Gasteiger partial charge in [-0.3, -0.25) is 0 Å². The number of hydrogen-bond donors (Lipinski definition) is 0. The van der Waals surface area contributed by atoms with Crippen LogP contribution in [0.3, 0.4) is 0 Å². The highest BCUT2D eigenvalue weighted by Crippen LogP contribution is 2.42. The molecule has 42 heavy (non-hydrogen) atoms. The van der Waals surface area contributed by atoms with Gasteiger partial charge in [-0.1, -0.05) is 25.4 Å². The van der Waals surface area contributed by atoms with Gasteiger partial charge in [-0.05, 0) is 90.3 Å². The van der Waals surface area contributed by atoms with Crippen molar-refractivity contribution in [2.75, 3.05) is 23.8 Å². The van der Waals surface area contributed by atoms with Gasteiger partial charge in [0, 0.05) is 28.3 Å². The maximum atomic E-state index is 13.7. The van der Waals surface area contributed by atoms with Crippen LogP contribution in [0.1, 0.15) is 38.8 Å². The van der Waals surface area contributed by atoms with Gasteiger partial charge >= 0.3 is 6.36 Å². The lowest BCUT2D eigenvalue weighted by Crippen LogP contribution is -2.31. The van der Waals surface area contributed by atoms with Gasteiger partial charge in [0.2, 0.25) is 10.0 Å². The van der Waals surface area contributed by atoms with Crippen LogP contribution in [0.2, 0.25) is 5.02 Å². The van der Waals surface area contributed by atoms with Gasteiger partial charge in [0.1, 0.15) is 11.5 Å². The number of hydrogen-bond acceptors (Lipinski definition) is 6. The lowest BCUT2D eigenvalue weighted by atomic mass is 9.78. The summed E-state index contributed by atoms with van der Waals surface area (Å²) in [5.41, 5.74) is 0.738. The van der Waals surface area contributed by atoms with Crippen LogP contribution in [0.15, 0.2) is 66.0 Å². The molecule has 6 nitrogen and oxygen atoms in total. The average Bonchev–Trinajstić information content (AvgIpc) is 3.33. The molecule has 0 aliphatic heterocycles. The van der Waals surface area contributed by atoms with Crippen LogP contribution in [0, 0.1) is 0 Å². The van der Waals surface area contributed by atoms with E-state index in [0.29, 0.717) is 16.8 Å². The maximum Gasteiger partial charge on any atom is 0.573 e. The van der Waals surface area contributed by atoms with E-state index >= 15 is 0 Å². The summed E-state index contributed by atoms with van der Waals surface area (Å²) in [7, 11) is -2.52. The molecule has 0 atom stereocenters. The number of nitrogens with zero attached hydrogens (tertiary/aromatic N) is 1. The highest BCUT2D eigenvalue weighted by atomic mass is 35.5. The smallest absolute Gasteiger partial charge is 0.491 e. The molecule has 1 heterocycles. The van der Waals surface area contributed by atoms with E-state index in [1.807, 2.05) is 17.5 Å². The summed E-state index contributed by atoms with van der Waals surface area (Å²) in [6, 6.07) is 16.3. The third-order valence-corrected chi connectivity index (χ3v) is 9.32. The molecule has 0 radical (unpaired) electrons. The number of methoxy groups -OCH3 is 1. The van der Waals surface area contributed by atoms with E-state index in [-0.39, 0.29) is 34.9 Å². The number of fused-ring (bicyclic) bond motifs is 1. The molecule has 0 amide bonds. The van der Waals surface area contributed by atoms with Gasteiger partial charge in [-0.25, -0.2) is 12.7 Å². The van der Waals surface area contributed by atoms with E-state index in [9.17, 15) is 21.6 Å². The molecular formula is C30H31ClF3NO5S2. The van der Waals surface area contributed by atoms with Gasteiger partial charge < -0.3 is 14.2 Å². The van der Waals surface area contributed by atoms with Gasteiger partial charge in [0.15, 0.2) is 0 Å². The molecule has 0 aliphatic rings. The molecule has 0 saturated carbocycles. The molecule has 0 bridgehead atoms. The first-order chi connectivity index (χ1) is 19.6. The Morgan fingerprint density at radius 1 is 0.929 bits per heavy atom. The van der Waals surface area contributed by atoms with Gasteiger partial charge in [-0.15, -0.1) is 24.5 Å². The van der Waals surface area contributed by atoms with Crippen molar-refractivity contribution >= 4 is 54.4 Å². The average molecular weight is 642 g/mol. The van der Waals surface area contributed by atoms with Crippen LogP contribution >= 0.6 is 22.9 Å². The minimum absolute atomic E-state index is 0.0247. The Morgan fingerprint density at radius 3 is 2.29 bits per heavy atom. The first-order valence-corrected chi connectivity index (χ1v) is 15.8. The number of benzene rings is 3. The zero-order valence-corrected chi connectivity index (χ0v) is 26.0. The lowest BCUT2D eigenvalue weighted by molar-refractivity contribution is -0.274. The number of anilines is 2. The van der Waals surface area contributed by atoms with Crippen molar-refractivity contribution in [3.63, 3.8) is 0 Å². The fourth-order valence-electron chi connectivity index (χ4n) is 4.51. The fraction of sp³-hybridized carbons (Fsp3) is 0.333. The number of alkyl halides is 3. The highest BCUT2D eigenvalue weighted by molar-refractivity contribution is 7.93. The maximum absolute atomic E-state index is 13.7. The lowest BCUT2D eigenvalue weighted by Gasteiger charge is -2.30. The summed E-state index contributed by atoms with van der Waals surface area (Å²) in [5, 5.41) is 3.05. The van der Waals surface area contributed by atoms with Crippen molar-refractivity contribution in [1.82, 2.24) is 0 Å². The largest absolute Gasteiger partial charge is 0.573 e. The number of sulfonamides is 1. The second-order valence-electron chi connectivity index (χ2n) is 10.4. The Bertz CT molecular complexity index is 1670. The molecule has 3 aromatic carbocycles. The standard InChI is InChI=1S/C30H31ClF3NO5S2/c1-19(2)39-26-15-22(16-27(18-26)40-30(32,33)34)29(3,4)21-13-23(31)17-25(14-21)35(42(36,37)11-9-38-5)24-6-7-28-20(12-24)8-10-41-28/h6-8,10,12-19H,9,11H2,1-5H3. The third-order valence-electron chi connectivity index (χ3n) is 6.54. The molecule has 12 heteroatoms. The van der Waals surface area contributed by atoms with Gasteiger partial charge in [0.25, 0.3) is 0 Å². The molecule has 226 valence electrons. The van der Waals surface area contributed by atoms with E-state index in [1.165, 1.54) is 34.9 Å². The first kappa shape index (κ1) is 31.9. The third kappa shape index (κ3) is 7.50. The topological polar surface area (TPSA) is 65.1 Å². The number of ether oxygens (including phenoxy) is 3. The molecule has 0 fully saturated rings. The summed E-state index contributed by atoms with van der Waals surface area (Å²) in [4.78, 5) is 0. The molecular weight excluding hydrogens is 611 g/mol. The Labute approximate surface area is 252 Å². The Hall–Kier alpha value is -2.99. The summed E-state index contributed by atoms with van der Waals surface area (Å²) >= 11 is 8.12. The minimum atomic E-state index is -4.90. The minimum Gasteiger partial charge on any atom is -0.491 e. The quantitative estimate of drug-likeness (QED) is 0.164. The summed E-state index contributed by atoms with van der Waals surface area (Å²) in [5.74, 6) is -0.521. The van der Waals surface area contributed by atoms with Crippen LogP contribution in [0.4, 0.5) is 24.5 Å². The van der Waals surface area contributed by atoms with Crippen LogP contribution in [0.5, 0.6) is 11.5 Å². The second kappa shape index (κ2) is 12.3. The van der Waals surface area contributed by atoms with Gasteiger partial charge in [-0.2, -0.15) is 0 Å². The zero-order valence-electron chi connectivity index (χ0n) is 23.7. The summed E-state index contributed by atoms with van der Waals surface area (Å²) in [6.07, 6.45) is -5.20. The van der Waals surface area contributed by atoms with E-state index < -0.39 is 27.6 Å². The summed E-state index contributed by atoms with van der Waals surface area (Å²) < 4.78 is 84.2. The fourth-order valence-corrected chi connectivity index (χ4v) is 6.94. The van der Waals surface area contributed by atoms with E-state index in [0.717, 1.165) is 10.1 Å². The van der Waals surface area contributed by atoms with Crippen LogP contribution in [0.25, 0.3) is 10.1 Å². The zero-order chi connectivity index (χ0) is 30.9. The first-order valence-electron chi connectivity index (χ1n) is 13.0. The Kier molecular flexibility index (Phi) is 9.37. The predicted octanol–water partition coefficient (Wildman–Crippen LogP) is 8.68. The SMILES string of the molecule is COCCS(=O)(=O)N(c1cc(Cl)cc(C(C)(C)c2cc(OC(C)C)cc(OC(F)(F)F)c2)c1)c1ccc2sccc2c1. The second-order valence-corrected chi connectivity index (χ2v) is 13.8. The Morgan fingerprint density at radius 2 is 1.62 bits per heavy atom. The molecule has 0 N–H and O–H groups in total. The van der Waals surface area contributed by atoms with Crippen molar-refractivity contribution in [2.45, 2.75) is 45.6 Å².